The highest BCUT2D eigenvalue weighted by atomic mass is 16.5. The van der Waals surface area contributed by atoms with Crippen molar-refractivity contribution in [3.8, 4) is 5.75 Å². The number of benzene rings is 2. The van der Waals surface area contributed by atoms with Gasteiger partial charge in [0.1, 0.15) is 5.75 Å². The van der Waals surface area contributed by atoms with E-state index >= 15 is 0 Å². The highest BCUT2D eigenvalue weighted by molar-refractivity contribution is 5.94. The number of hydrogen-bond donors (Lipinski definition) is 2. The number of anilines is 1. The van der Waals surface area contributed by atoms with Gasteiger partial charge in [-0.05, 0) is 50.1 Å². The molecule has 1 aliphatic rings. The van der Waals surface area contributed by atoms with Crippen LogP contribution < -0.4 is 15.8 Å². The van der Waals surface area contributed by atoms with Crippen LogP contribution in [-0.4, -0.2) is 42.2 Å². The van der Waals surface area contributed by atoms with Crippen molar-refractivity contribution >= 4 is 23.3 Å². The van der Waals surface area contributed by atoms with E-state index in [1.807, 2.05) is 24.3 Å². The molecule has 3 N–H and O–H groups in total. The molecule has 0 aromatic heterocycles. The van der Waals surface area contributed by atoms with Gasteiger partial charge >= 0.3 is 0 Å². The summed E-state index contributed by atoms with van der Waals surface area (Å²) in [6.07, 6.45) is 1.75. The first kappa shape index (κ1) is 21.5. The summed E-state index contributed by atoms with van der Waals surface area (Å²) in [5.41, 5.74) is 7.69. The lowest BCUT2D eigenvalue weighted by Gasteiger charge is -2.31. The van der Waals surface area contributed by atoms with Gasteiger partial charge in [0.05, 0.1) is 5.92 Å². The lowest BCUT2D eigenvalue weighted by Crippen LogP contribution is -2.40. The number of carbonyl (C=O) groups excluding carboxylic acids is 3. The van der Waals surface area contributed by atoms with Crippen molar-refractivity contribution < 1.29 is 19.1 Å². The van der Waals surface area contributed by atoms with Crippen LogP contribution in [0.15, 0.2) is 48.5 Å². The third kappa shape index (κ3) is 5.90. The summed E-state index contributed by atoms with van der Waals surface area (Å²) >= 11 is 0. The summed E-state index contributed by atoms with van der Waals surface area (Å²) in [4.78, 5) is 37.6. The molecule has 0 bridgehead atoms. The first-order valence-corrected chi connectivity index (χ1v) is 10.1. The molecule has 7 heteroatoms. The Kier molecular flexibility index (Phi) is 7.19. The van der Waals surface area contributed by atoms with Crippen LogP contribution in [0.25, 0.3) is 0 Å². The molecule has 1 fully saturated rings. The van der Waals surface area contributed by atoms with Crippen LogP contribution in [-0.2, 0) is 16.1 Å². The number of likely N-dealkylation sites (tertiary alicyclic amines) is 1. The van der Waals surface area contributed by atoms with E-state index in [1.165, 1.54) is 6.92 Å². The zero-order valence-corrected chi connectivity index (χ0v) is 17.1. The van der Waals surface area contributed by atoms with Crippen LogP contribution in [0.2, 0.25) is 0 Å². The molecule has 7 nitrogen and oxygen atoms in total. The van der Waals surface area contributed by atoms with Gasteiger partial charge in [-0.25, -0.2) is 0 Å². The summed E-state index contributed by atoms with van der Waals surface area (Å²) in [7, 11) is 0. The fourth-order valence-corrected chi connectivity index (χ4v) is 3.59. The predicted molar refractivity (Wildman–Crippen MR) is 114 cm³/mol. The van der Waals surface area contributed by atoms with Crippen LogP contribution in [0.5, 0.6) is 5.75 Å². The number of nitrogens with two attached hydrogens (primary N) is 1. The SMILES string of the molecule is CC(=O)c1cccc(OCC(=O)Nc2ccccc2CN2CCCC(C(N)=O)C2)c1. The van der Waals surface area contributed by atoms with Crippen LogP contribution in [0, 0.1) is 5.92 Å². The number of ether oxygens (including phenoxy) is 1. The van der Waals surface area contributed by atoms with Gasteiger partial charge in [0, 0.05) is 24.3 Å². The average Bonchev–Trinajstić information content (AvgIpc) is 2.74. The molecule has 1 aliphatic heterocycles. The van der Waals surface area contributed by atoms with Crippen molar-refractivity contribution in [2.24, 2.45) is 11.7 Å². The summed E-state index contributed by atoms with van der Waals surface area (Å²) in [6.45, 7) is 3.47. The van der Waals surface area contributed by atoms with Crippen LogP contribution >= 0.6 is 0 Å². The van der Waals surface area contributed by atoms with E-state index in [-0.39, 0.29) is 30.1 Å². The Bertz CT molecular complexity index is 928. The molecule has 30 heavy (non-hydrogen) atoms. The predicted octanol–water partition coefficient (Wildman–Crippen LogP) is 2.60. The Morgan fingerprint density at radius 2 is 1.97 bits per heavy atom. The Morgan fingerprint density at radius 1 is 1.17 bits per heavy atom. The van der Waals surface area contributed by atoms with E-state index in [4.69, 9.17) is 10.5 Å². The van der Waals surface area contributed by atoms with Gasteiger partial charge in [-0.3, -0.25) is 19.3 Å². The van der Waals surface area contributed by atoms with Gasteiger partial charge in [0.15, 0.2) is 12.4 Å². The van der Waals surface area contributed by atoms with Gasteiger partial charge in [-0.2, -0.15) is 0 Å². The maximum atomic E-state index is 12.4. The van der Waals surface area contributed by atoms with Crippen molar-refractivity contribution in [3.05, 3.63) is 59.7 Å². The van der Waals surface area contributed by atoms with Crippen molar-refractivity contribution in [1.29, 1.82) is 0 Å². The molecule has 158 valence electrons. The number of primary amides is 1. The Morgan fingerprint density at radius 3 is 2.73 bits per heavy atom. The number of hydrogen-bond acceptors (Lipinski definition) is 5. The standard InChI is InChI=1S/C23H27N3O4/c1-16(27)17-7-4-9-20(12-17)30-15-22(28)25-21-10-3-2-6-18(21)13-26-11-5-8-19(14-26)23(24)29/h2-4,6-7,9-10,12,19H,5,8,11,13-15H2,1H3,(H2,24,29)(H,25,28). The van der Waals surface area contributed by atoms with Crippen molar-refractivity contribution in [2.45, 2.75) is 26.3 Å². The molecule has 3 rings (SSSR count). The molecular weight excluding hydrogens is 382 g/mol. The van der Waals surface area contributed by atoms with E-state index in [9.17, 15) is 14.4 Å². The number of nitrogens with zero attached hydrogens (tertiary/aromatic N) is 1. The third-order valence-corrected chi connectivity index (χ3v) is 5.20. The minimum Gasteiger partial charge on any atom is -0.484 e. The zero-order valence-electron chi connectivity index (χ0n) is 17.1. The average molecular weight is 409 g/mol. The number of para-hydroxylation sites is 1. The highest BCUT2D eigenvalue weighted by Gasteiger charge is 2.24. The van der Waals surface area contributed by atoms with Crippen LogP contribution in [0.4, 0.5) is 5.69 Å². The van der Waals surface area contributed by atoms with E-state index in [0.29, 0.717) is 30.1 Å². The Balaban J connectivity index is 1.59. The van der Waals surface area contributed by atoms with Gasteiger partial charge in [-0.1, -0.05) is 30.3 Å². The highest BCUT2D eigenvalue weighted by Crippen LogP contribution is 2.22. The lowest BCUT2D eigenvalue weighted by atomic mass is 9.97. The molecule has 2 amide bonds. The molecule has 1 heterocycles. The van der Waals surface area contributed by atoms with E-state index in [1.54, 1.807) is 24.3 Å². The third-order valence-electron chi connectivity index (χ3n) is 5.20. The number of rotatable bonds is 8. The maximum Gasteiger partial charge on any atom is 0.262 e. The second kappa shape index (κ2) is 10.0. The minimum atomic E-state index is -0.288. The van der Waals surface area contributed by atoms with E-state index in [2.05, 4.69) is 10.2 Å². The summed E-state index contributed by atoms with van der Waals surface area (Å²) in [5.74, 6) is -0.261. The van der Waals surface area contributed by atoms with Crippen LogP contribution in [0.1, 0.15) is 35.7 Å². The first-order valence-electron chi connectivity index (χ1n) is 10.1. The number of Topliss-reactive ketones (excluding diaryl/α,β-unsaturated/α-hetero) is 1. The number of ketones is 1. The summed E-state index contributed by atoms with van der Waals surface area (Å²) < 4.78 is 5.54. The molecule has 0 saturated carbocycles. The largest absolute Gasteiger partial charge is 0.484 e. The molecule has 0 aliphatic carbocycles. The molecular formula is C23H27N3O4. The van der Waals surface area contributed by atoms with Crippen molar-refractivity contribution in [1.82, 2.24) is 4.90 Å². The molecule has 0 radical (unpaired) electrons. The number of nitrogens with one attached hydrogen (secondary N) is 1. The zero-order chi connectivity index (χ0) is 21.5. The molecule has 1 saturated heterocycles. The molecule has 1 atom stereocenters. The molecule has 0 spiro atoms. The Labute approximate surface area is 176 Å². The van der Waals surface area contributed by atoms with Gasteiger partial charge in [0.25, 0.3) is 5.91 Å². The number of carbonyl (C=O) groups is 3. The van der Waals surface area contributed by atoms with Crippen molar-refractivity contribution in [2.75, 3.05) is 25.0 Å². The number of piperidine rings is 1. The fourth-order valence-electron chi connectivity index (χ4n) is 3.59. The fraction of sp³-hybridized carbons (Fsp3) is 0.348. The van der Waals surface area contributed by atoms with E-state index < -0.39 is 0 Å². The second-order valence-electron chi connectivity index (χ2n) is 7.55. The second-order valence-corrected chi connectivity index (χ2v) is 7.55. The van der Waals surface area contributed by atoms with Crippen LogP contribution in [0.3, 0.4) is 0 Å². The monoisotopic (exact) mass is 409 g/mol. The lowest BCUT2D eigenvalue weighted by molar-refractivity contribution is -0.123. The minimum absolute atomic E-state index is 0.0601. The van der Waals surface area contributed by atoms with E-state index in [0.717, 1.165) is 24.9 Å². The molecule has 2 aromatic rings. The maximum absolute atomic E-state index is 12.4. The van der Waals surface area contributed by atoms with Gasteiger partial charge < -0.3 is 15.8 Å². The topological polar surface area (TPSA) is 102 Å². The molecule has 1 unspecified atom stereocenters. The van der Waals surface area contributed by atoms with Gasteiger partial charge in [-0.15, -0.1) is 0 Å². The van der Waals surface area contributed by atoms with Crippen molar-refractivity contribution in [3.63, 3.8) is 0 Å². The molecule has 2 aromatic carbocycles. The quantitative estimate of drug-likeness (QED) is 0.653. The Hall–Kier alpha value is -3.19. The number of amides is 2. The first-order chi connectivity index (χ1) is 14.4. The van der Waals surface area contributed by atoms with Gasteiger partial charge in [0.2, 0.25) is 5.91 Å². The normalized spacial score (nSPS) is 16.6. The summed E-state index contributed by atoms with van der Waals surface area (Å²) in [6, 6.07) is 14.3. The smallest absolute Gasteiger partial charge is 0.262 e. The summed E-state index contributed by atoms with van der Waals surface area (Å²) in [5, 5.41) is 2.89.